The number of carbonyl (C=O) groups excluding carboxylic acids is 1. The van der Waals surface area contributed by atoms with Crippen LogP contribution in [0.1, 0.15) is 16.1 Å². The summed E-state index contributed by atoms with van der Waals surface area (Å²) in [5, 5.41) is 9.66. The lowest BCUT2D eigenvalue weighted by molar-refractivity contribution is 0.0622. The van der Waals surface area contributed by atoms with Crippen LogP contribution in [0.5, 0.6) is 5.75 Å². The highest BCUT2D eigenvalue weighted by molar-refractivity contribution is 5.97. The molecule has 0 saturated carbocycles. The van der Waals surface area contributed by atoms with Crippen molar-refractivity contribution in [1.82, 2.24) is 14.8 Å². The van der Waals surface area contributed by atoms with Crippen LogP contribution in [-0.2, 0) is 6.54 Å². The fourth-order valence-electron chi connectivity index (χ4n) is 2.73. The van der Waals surface area contributed by atoms with Gasteiger partial charge in [0, 0.05) is 45.0 Å². The molecule has 126 valence electrons. The fourth-order valence-corrected chi connectivity index (χ4v) is 2.73. The van der Waals surface area contributed by atoms with Crippen LogP contribution in [-0.4, -0.2) is 52.0 Å². The Morgan fingerprint density at radius 2 is 1.92 bits per heavy atom. The average molecular weight is 333 g/mol. The molecule has 1 aromatic carbocycles. The van der Waals surface area contributed by atoms with E-state index in [1.807, 2.05) is 18.2 Å². The van der Waals surface area contributed by atoms with Gasteiger partial charge in [0.15, 0.2) is 11.6 Å². The normalized spacial score (nSPS) is 15.5. The molecule has 2 aromatic rings. The molecule has 1 saturated heterocycles. The van der Waals surface area contributed by atoms with Gasteiger partial charge in [0.25, 0.3) is 5.91 Å². The minimum absolute atomic E-state index is 0.342. The maximum absolute atomic E-state index is 13.4. The molecule has 1 fully saturated rings. The molecule has 0 aliphatic carbocycles. The largest absolute Gasteiger partial charge is 0.504 e. The van der Waals surface area contributed by atoms with Crippen LogP contribution in [0, 0.1) is 11.6 Å². The number of carbonyl (C=O) groups is 1. The van der Waals surface area contributed by atoms with Gasteiger partial charge in [-0.15, -0.1) is 0 Å². The van der Waals surface area contributed by atoms with Gasteiger partial charge in [-0.2, -0.15) is 0 Å². The molecular weight excluding hydrogens is 316 g/mol. The highest BCUT2D eigenvalue weighted by atomic mass is 19.1. The second kappa shape index (κ2) is 6.92. The Kier molecular flexibility index (Phi) is 4.71. The van der Waals surface area contributed by atoms with Gasteiger partial charge >= 0.3 is 0 Å². The molecule has 0 spiro atoms. The summed E-state index contributed by atoms with van der Waals surface area (Å²) < 4.78 is 26.7. The van der Waals surface area contributed by atoms with E-state index in [1.165, 1.54) is 4.90 Å². The van der Waals surface area contributed by atoms with E-state index in [9.17, 15) is 18.7 Å². The van der Waals surface area contributed by atoms with E-state index in [2.05, 4.69) is 9.88 Å². The van der Waals surface area contributed by atoms with E-state index < -0.39 is 23.3 Å². The van der Waals surface area contributed by atoms with Gasteiger partial charge < -0.3 is 10.0 Å². The number of hydrogen-bond acceptors (Lipinski definition) is 4. The number of phenolic OH excluding ortho intramolecular Hbond substituents is 1. The molecule has 1 aliphatic rings. The molecule has 1 amide bonds. The van der Waals surface area contributed by atoms with Crippen molar-refractivity contribution in [3.63, 3.8) is 0 Å². The Balaban J connectivity index is 1.63. The first-order valence-electron chi connectivity index (χ1n) is 7.64. The molecular formula is C17H17F2N3O2. The fraction of sp³-hybridized carbons (Fsp3) is 0.294. The maximum atomic E-state index is 13.4. The second-order valence-electron chi connectivity index (χ2n) is 5.67. The number of halogens is 2. The molecule has 0 atom stereocenters. The SMILES string of the molecule is O=C(c1cc(F)cc(F)c1O)N1CCN(Cc2ccccn2)CC1. The smallest absolute Gasteiger partial charge is 0.257 e. The van der Waals surface area contributed by atoms with Gasteiger partial charge in [-0.3, -0.25) is 14.7 Å². The molecule has 1 aromatic heterocycles. The summed E-state index contributed by atoms with van der Waals surface area (Å²) in [4.78, 5) is 20.3. The molecule has 3 rings (SSSR count). The van der Waals surface area contributed by atoms with Gasteiger partial charge in [0.1, 0.15) is 5.82 Å². The van der Waals surface area contributed by atoms with E-state index in [0.29, 0.717) is 38.8 Å². The number of aromatic hydroxyl groups is 1. The van der Waals surface area contributed by atoms with Gasteiger partial charge in [-0.1, -0.05) is 6.07 Å². The van der Waals surface area contributed by atoms with Crippen LogP contribution >= 0.6 is 0 Å². The van der Waals surface area contributed by atoms with Gasteiger partial charge in [0.2, 0.25) is 0 Å². The van der Waals surface area contributed by atoms with E-state index in [-0.39, 0.29) is 5.56 Å². The van der Waals surface area contributed by atoms with Gasteiger partial charge in [0.05, 0.1) is 11.3 Å². The summed E-state index contributed by atoms with van der Waals surface area (Å²) in [6.45, 7) is 2.77. The number of nitrogens with zero attached hydrogens (tertiary/aromatic N) is 3. The van der Waals surface area contributed by atoms with Crippen LogP contribution in [0.15, 0.2) is 36.5 Å². The third-order valence-electron chi connectivity index (χ3n) is 4.03. The summed E-state index contributed by atoms with van der Waals surface area (Å²) in [5.41, 5.74) is 0.604. The van der Waals surface area contributed by atoms with Crippen LogP contribution in [0.4, 0.5) is 8.78 Å². The van der Waals surface area contributed by atoms with Crippen molar-refractivity contribution in [2.24, 2.45) is 0 Å². The molecule has 0 unspecified atom stereocenters. The number of rotatable bonds is 3. The number of phenols is 1. The van der Waals surface area contributed by atoms with Gasteiger partial charge in [-0.05, 0) is 18.2 Å². The zero-order chi connectivity index (χ0) is 17.1. The predicted molar refractivity (Wildman–Crippen MR) is 83.4 cm³/mol. The number of piperazine rings is 1. The average Bonchev–Trinajstić information content (AvgIpc) is 2.59. The molecule has 2 heterocycles. The maximum Gasteiger partial charge on any atom is 0.257 e. The van der Waals surface area contributed by atoms with Crippen molar-refractivity contribution >= 4 is 5.91 Å². The number of hydrogen-bond donors (Lipinski definition) is 1. The Hall–Kier alpha value is -2.54. The number of amides is 1. The van der Waals surface area contributed by atoms with E-state index in [1.54, 1.807) is 6.20 Å². The zero-order valence-corrected chi connectivity index (χ0v) is 13.0. The standard InChI is InChI=1S/C17H17F2N3O2/c18-12-9-14(16(23)15(19)10-12)17(24)22-7-5-21(6-8-22)11-13-3-1-2-4-20-13/h1-4,9-10,23H,5-8,11H2. The monoisotopic (exact) mass is 333 g/mol. The Morgan fingerprint density at radius 1 is 1.17 bits per heavy atom. The molecule has 5 nitrogen and oxygen atoms in total. The number of benzene rings is 1. The minimum Gasteiger partial charge on any atom is -0.504 e. The van der Waals surface area contributed by atoms with Crippen molar-refractivity contribution < 1.29 is 18.7 Å². The first-order chi connectivity index (χ1) is 11.5. The Labute approximate surface area is 138 Å². The zero-order valence-electron chi connectivity index (χ0n) is 13.0. The molecule has 0 radical (unpaired) electrons. The molecule has 0 bridgehead atoms. The van der Waals surface area contributed by atoms with Crippen LogP contribution in [0.3, 0.4) is 0 Å². The summed E-state index contributed by atoms with van der Waals surface area (Å²) in [6.07, 6.45) is 1.73. The first kappa shape index (κ1) is 16.3. The van der Waals surface area contributed by atoms with Gasteiger partial charge in [-0.25, -0.2) is 8.78 Å². The Bertz CT molecular complexity index is 732. The summed E-state index contributed by atoms with van der Waals surface area (Å²) >= 11 is 0. The second-order valence-corrected chi connectivity index (χ2v) is 5.67. The quantitative estimate of drug-likeness (QED) is 0.934. The molecule has 7 heteroatoms. The number of aromatic nitrogens is 1. The van der Waals surface area contributed by atoms with Crippen molar-refractivity contribution in [3.8, 4) is 5.75 Å². The minimum atomic E-state index is -1.13. The Morgan fingerprint density at radius 3 is 2.58 bits per heavy atom. The summed E-state index contributed by atoms with van der Waals surface area (Å²) in [5.74, 6) is -3.39. The van der Waals surface area contributed by atoms with E-state index in [0.717, 1.165) is 11.8 Å². The van der Waals surface area contributed by atoms with Crippen LogP contribution < -0.4 is 0 Å². The van der Waals surface area contributed by atoms with Crippen molar-refractivity contribution in [3.05, 3.63) is 59.4 Å². The lowest BCUT2D eigenvalue weighted by Crippen LogP contribution is -2.48. The molecule has 24 heavy (non-hydrogen) atoms. The third-order valence-corrected chi connectivity index (χ3v) is 4.03. The predicted octanol–water partition coefficient (Wildman–Crippen LogP) is 2.02. The third kappa shape index (κ3) is 3.51. The van der Waals surface area contributed by atoms with Crippen LogP contribution in [0.2, 0.25) is 0 Å². The number of pyridine rings is 1. The van der Waals surface area contributed by atoms with E-state index >= 15 is 0 Å². The topological polar surface area (TPSA) is 56.7 Å². The molecule has 1 N–H and O–H groups in total. The summed E-state index contributed by atoms with van der Waals surface area (Å²) in [7, 11) is 0. The van der Waals surface area contributed by atoms with Crippen molar-refractivity contribution in [2.45, 2.75) is 6.54 Å². The van der Waals surface area contributed by atoms with Crippen molar-refractivity contribution in [2.75, 3.05) is 26.2 Å². The lowest BCUT2D eigenvalue weighted by Gasteiger charge is -2.34. The van der Waals surface area contributed by atoms with Crippen molar-refractivity contribution in [1.29, 1.82) is 0 Å². The highest BCUT2D eigenvalue weighted by Crippen LogP contribution is 2.24. The summed E-state index contributed by atoms with van der Waals surface area (Å²) in [6, 6.07) is 7.12. The molecule has 1 aliphatic heterocycles. The van der Waals surface area contributed by atoms with Crippen LogP contribution in [0.25, 0.3) is 0 Å². The van der Waals surface area contributed by atoms with E-state index in [4.69, 9.17) is 0 Å². The first-order valence-corrected chi connectivity index (χ1v) is 7.64. The highest BCUT2D eigenvalue weighted by Gasteiger charge is 2.26. The lowest BCUT2D eigenvalue weighted by atomic mass is 10.1.